The summed E-state index contributed by atoms with van der Waals surface area (Å²) in [6, 6.07) is 13.7. The van der Waals surface area contributed by atoms with Crippen molar-refractivity contribution in [1.29, 1.82) is 0 Å². The summed E-state index contributed by atoms with van der Waals surface area (Å²) in [5, 5.41) is 0.691. The summed E-state index contributed by atoms with van der Waals surface area (Å²) in [6.07, 6.45) is 9.17. The van der Waals surface area contributed by atoms with Crippen LogP contribution in [0.5, 0.6) is 0 Å². The summed E-state index contributed by atoms with van der Waals surface area (Å²) in [7, 11) is -3.58. The molecule has 1 fully saturated rings. The van der Waals surface area contributed by atoms with Gasteiger partial charge >= 0.3 is 0 Å². The Morgan fingerprint density at radius 1 is 1.07 bits per heavy atom. The van der Waals surface area contributed by atoms with Crippen LogP contribution in [-0.2, 0) is 26.3 Å². The lowest BCUT2D eigenvalue weighted by atomic mass is 9.76. The average molecular weight is 657 g/mol. The molecule has 1 saturated carbocycles. The fourth-order valence-electron chi connectivity index (χ4n) is 6.43. The molecule has 0 bridgehead atoms. The minimum absolute atomic E-state index is 0.0895. The third kappa shape index (κ3) is 6.20. The van der Waals surface area contributed by atoms with Gasteiger partial charge in [0.1, 0.15) is 12.3 Å². The van der Waals surface area contributed by atoms with Gasteiger partial charge in [0.2, 0.25) is 10.0 Å². The largest absolute Gasteiger partial charge is 0.326 e. The van der Waals surface area contributed by atoms with E-state index in [4.69, 9.17) is 28.0 Å². The first-order chi connectivity index (χ1) is 21.1. The maximum atomic E-state index is 14.4. The molecule has 0 spiro atoms. The number of amides is 2. The number of aromatic nitrogens is 2. The van der Waals surface area contributed by atoms with Crippen LogP contribution >= 0.6 is 23.2 Å². The Morgan fingerprint density at radius 2 is 1.86 bits per heavy atom. The summed E-state index contributed by atoms with van der Waals surface area (Å²) in [5.74, 6) is -1.71. The highest BCUT2D eigenvalue weighted by molar-refractivity contribution is 7.88. The number of carbonyl (C=O) groups excluding carboxylic acids is 2. The Labute approximate surface area is 265 Å². The Hall–Kier alpha value is -3.48. The molecule has 6 rings (SSSR count). The SMILES string of the molecule is CS(=O)(=O)N[C@H]1CCCCC1N1C(=O)c2ccccc2[C@@H](C(=O)NOCc2ccc3nccn3c2)[C@@H]1c1ccc(Cl)cc1Cl. The normalized spacial score (nSPS) is 22.2. The van der Waals surface area contributed by atoms with E-state index in [1.54, 1.807) is 53.6 Å². The molecule has 2 aliphatic rings. The lowest BCUT2D eigenvalue weighted by molar-refractivity contribution is -0.138. The summed E-state index contributed by atoms with van der Waals surface area (Å²) < 4.78 is 29.4. The number of halogens is 2. The van der Waals surface area contributed by atoms with E-state index in [-0.39, 0.29) is 17.5 Å². The van der Waals surface area contributed by atoms with Crippen LogP contribution in [0.25, 0.3) is 5.65 Å². The van der Waals surface area contributed by atoms with Crippen molar-refractivity contribution < 1.29 is 22.8 Å². The molecule has 10 nitrogen and oxygen atoms in total. The molecule has 1 unspecified atom stereocenters. The summed E-state index contributed by atoms with van der Waals surface area (Å²) in [4.78, 5) is 40.1. The van der Waals surface area contributed by atoms with Crippen molar-refractivity contribution in [3.63, 3.8) is 0 Å². The van der Waals surface area contributed by atoms with Crippen LogP contribution in [0, 0.1) is 0 Å². The summed E-state index contributed by atoms with van der Waals surface area (Å²) in [6.45, 7) is 0.0895. The van der Waals surface area contributed by atoms with Gasteiger partial charge < -0.3 is 9.30 Å². The van der Waals surface area contributed by atoms with Crippen molar-refractivity contribution in [3.8, 4) is 0 Å². The van der Waals surface area contributed by atoms with Crippen LogP contribution in [0.2, 0.25) is 10.0 Å². The molecule has 1 aliphatic carbocycles. The second kappa shape index (κ2) is 12.5. The molecule has 0 radical (unpaired) electrons. The number of sulfonamides is 1. The lowest BCUT2D eigenvalue weighted by Gasteiger charge is -2.49. The molecule has 1 aliphatic heterocycles. The number of pyridine rings is 1. The Bertz CT molecular complexity index is 1830. The standard InChI is InChI=1S/C31H31Cl2N5O5S/c1-44(41,42)36-25-8-4-5-9-26(25)38-29(23-12-11-20(32)16-24(23)33)28(21-6-2-3-7-22(21)31(38)40)30(39)35-43-18-19-10-13-27-34-14-15-37(27)17-19/h2-3,6-7,10-17,25-26,28-29,36H,4-5,8-9,18H2,1H3,(H,35,39)/t25-,26?,28+,29-/m0/s1. The minimum Gasteiger partial charge on any atom is -0.326 e. The van der Waals surface area contributed by atoms with Crippen molar-refractivity contribution in [2.24, 2.45) is 0 Å². The van der Waals surface area contributed by atoms with Gasteiger partial charge in [-0.05, 0) is 53.8 Å². The molecule has 13 heteroatoms. The highest BCUT2D eigenvalue weighted by atomic mass is 35.5. The van der Waals surface area contributed by atoms with Crippen LogP contribution in [-0.4, -0.2) is 52.9 Å². The molecule has 4 aromatic rings. The van der Waals surface area contributed by atoms with Crippen LogP contribution in [0.3, 0.4) is 0 Å². The van der Waals surface area contributed by atoms with Crippen molar-refractivity contribution in [3.05, 3.63) is 105 Å². The van der Waals surface area contributed by atoms with E-state index >= 15 is 0 Å². The average Bonchev–Trinajstić information content (AvgIpc) is 3.45. The fourth-order valence-corrected chi connectivity index (χ4v) is 7.78. The Kier molecular flexibility index (Phi) is 8.67. The fraction of sp³-hybridized carbons (Fsp3) is 0.323. The third-order valence-corrected chi connectivity index (χ3v) is 9.55. The number of hydrogen-bond acceptors (Lipinski definition) is 6. The van der Waals surface area contributed by atoms with Crippen LogP contribution in [0.1, 0.15) is 64.7 Å². The van der Waals surface area contributed by atoms with Crippen molar-refractivity contribution in [1.82, 2.24) is 24.5 Å². The number of benzene rings is 2. The Morgan fingerprint density at radius 3 is 2.66 bits per heavy atom. The van der Waals surface area contributed by atoms with E-state index in [0.717, 1.165) is 30.3 Å². The number of fused-ring (bicyclic) bond motifs is 2. The number of nitrogens with one attached hydrogen (secondary N) is 2. The van der Waals surface area contributed by atoms with E-state index in [1.807, 2.05) is 28.9 Å². The molecule has 2 amide bonds. The van der Waals surface area contributed by atoms with Gasteiger partial charge in [-0.15, -0.1) is 0 Å². The van der Waals surface area contributed by atoms with Crippen molar-refractivity contribution in [2.45, 2.75) is 56.3 Å². The monoisotopic (exact) mass is 655 g/mol. The molecule has 0 saturated heterocycles. The number of nitrogens with zero attached hydrogens (tertiary/aromatic N) is 3. The zero-order valence-corrected chi connectivity index (χ0v) is 26.1. The maximum Gasteiger partial charge on any atom is 0.255 e. The summed E-state index contributed by atoms with van der Waals surface area (Å²) in [5.41, 5.74) is 5.63. The summed E-state index contributed by atoms with van der Waals surface area (Å²) >= 11 is 13.0. The van der Waals surface area contributed by atoms with Crippen LogP contribution < -0.4 is 10.2 Å². The highest BCUT2D eigenvalue weighted by Crippen LogP contribution is 2.47. The lowest BCUT2D eigenvalue weighted by Crippen LogP contribution is -2.59. The number of hydroxylamine groups is 1. The molecular formula is C31H31Cl2N5O5S. The predicted molar refractivity (Wildman–Crippen MR) is 167 cm³/mol. The molecule has 44 heavy (non-hydrogen) atoms. The molecule has 3 heterocycles. The first-order valence-corrected chi connectivity index (χ1v) is 16.9. The van der Waals surface area contributed by atoms with E-state index in [9.17, 15) is 18.0 Å². The van der Waals surface area contributed by atoms with E-state index in [0.29, 0.717) is 34.6 Å². The van der Waals surface area contributed by atoms with Gasteiger partial charge in [0.25, 0.3) is 11.8 Å². The minimum atomic E-state index is -3.58. The number of rotatable bonds is 8. The zero-order valence-electron chi connectivity index (χ0n) is 23.8. The molecule has 2 aromatic heterocycles. The highest BCUT2D eigenvalue weighted by Gasteiger charge is 2.49. The third-order valence-electron chi connectivity index (χ3n) is 8.25. The zero-order chi connectivity index (χ0) is 31.0. The van der Waals surface area contributed by atoms with E-state index < -0.39 is 40.0 Å². The molecule has 4 atom stereocenters. The second-order valence-corrected chi connectivity index (χ2v) is 13.8. The first-order valence-electron chi connectivity index (χ1n) is 14.3. The Balaban J connectivity index is 1.40. The quantitative estimate of drug-likeness (QED) is 0.257. The van der Waals surface area contributed by atoms with Crippen molar-refractivity contribution >= 4 is 50.7 Å². The predicted octanol–water partition coefficient (Wildman–Crippen LogP) is 5.03. The number of hydrogen-bond donors (Lipinski definition) is 2. The van der Waals surface area contributed by atoms with Gasteiger partial charge in [-0.2, -0.15) is 0 Å². The van der Waals surface area contributed by atoms with Crippen molar-refractivity contribution in [2.75, 3.05) is 6.26 Å². The van der Waals surface area contributed by atoms with Gasteiger partial charge in [0.15, 0.2) is 0 Å². The first kappa shape index (κ1) is 30.5. The number of carbonyl (C=O) groups is 2. The maximum absolute atomic E-state index is 14.4. The van der Waals surface area contributed by atoms with Crippen LogP contribution in [0.4, 0.5) is 0 Å². The number of imidazole rings is 1. The molecular weight excluding hydrogens is 625 g/mol. The van der Waals surface area contributed by atoms with Gasteiger partial charge in [0.05, 0.1) is 18.2 Å². The molecule has 2 N–H and O–H groups in total. The van der Waals surface area contributed by atoms with E-state index in [1.165, 1.54) is 0 Å². The molecule has 2 aromatic carbocycles. The second-order valence-electron chi connectivity index (χ2n) is 11.2. The van der Waals surface area contributed by atoms with Crippen LogP contribution in [0.15, 0.2) is 73.2 Å². The van der Waals surface area contributed by atoms with Gasteiger partial charge in [-0.25, -0.2) is 23.6 Å². The van der Waals surface area contributed by atoms with Gasteiger partial charge in [-0.1, -0.05) is 66.4 Å². The van der Waals surface area contributed by atoms with Gasteiger partial charge in [0, 0.05) is 46.3 Å². The van der Waals surface area contributed by atoms with E-state index in [2.05, 4.69) is 15.2 Å². The smallest absolute Gasteiger partial charge is 0.255 e. The van der Waals surface area contributed by atoms with Gasteiger partial charge in [-0.3, -0.25) is 14.4 Å². The topological polar surface area (TPSA) is 122 Å². The molecule has 230 valence electrons.